The number of nitrogens with zero attached hydrogens (tertiary/aromatic N) is 2. The van der Waals surface area contributed by atoms with Crippen LogP contribution < -0.4 is 5.32 Å². The Labute approximate surface area is 166 Å². The third-order valence-corrected chi connectivity index (χ3v) is 5.43. The zero-order chi connectivity index (χ0) is 20.0. The Bertz CT molecular complexity index is 850. The summed E-state index contributed by atoms with van der Waals surface area (Å²) in [6.07, 6.45) is 7.41. The number of pyridine rings is 1. The number of amides is 2. The van der Waals surface area contributed by atoms with Crippen LogP contribution in [0.4, 0.5) is 0 Å². The van der Waals surface area contributed by atoms with Crippen molar-refractivity contribution in [2.75, 3.05) is 19.6 Å². The minimum absolute atomic E-state index is 0.0145. The summed E-state index contributed by atoms with van der Waals surface area (Å²) < 4.78 is 0. The van der Waals surface area contributed by atoms with Crippen molar-refractivity contribution in [3.05, 3.63) is 67.0 Å². The average molecular weight is 377 g/mol. The molecule has 2 aromatic rings. The van der Waals surface area contributed by atoms with E-state index >= 15 is 0 Å². The van der Waals surface area contributed by atoms with Crippen LogP contribution in [0.15, 0.2) is 61.4 Å². The van der Waals surface area contributed by atoms with E-state index in [-0.39, 0.29) is 11.8 Å². The summed E-state index contributed by atoms with van der Waals surface area (Å²) >= 11 is 0. The van der Waals surface area contributed by atoms with Crippen molar-refractivity contribution < 1.29 is 9.59 Å². The van der Waals surface area contributed by atoms with Crippen molar-refractivity contribution in [2.24, 2.45) is 5.41 Å². The minimum Gasteiger partial charge on any atom is -0.352 e. The first-order valence-corrected chi connectivity index (χ1v) is 9.69. The van der Waals surface area contributed by atoms with Gasteiger partial charge in [0.15, 0.2) is 0 Å². The van der Waals surface area contributed by atoms with Crippen LogP contribution >= 0.6 is 0 Å². The summed E-state index contributed by atoms with van der Waals surface area (Å²) in [5.41, 5.74) is 2.55. The fourth-order valence-electron chi connectivity index (χ4n) is 4.01. The molecular formula is C23H27N3O2. The van der Waals surface area contributed by atoms with Gasteiger partial charge in [-0.25, -0.2) is 0 Å². The third kappa shape index (κ3) is 4.30. The van der Waals surface area contributed by atoms with Crippen LogP contribution in [0.2, 0.25) is 0 Å². The van der Waals surface area contributed by atoms with Crippen LogP contribution in [0.25, 0.3) is 11.1 Å². The lowest BCUT2D eigenvalue weighted by Crippen LogP contribution is -2.54. The summed E-state index contributed by atoms with van der Waals surface area (Å²) in [7, 11) is 0. The second-order valence-electron chi connectivity index (χ2n) is 7.40. The van der Waals surface area contributed by atoms with Gasteiger partial charge in [0.25, 0.3) is 0 Å². The number of hydrogen-bond donors (Lipinski definition) is 1. The second kappa shape index (κ2) is 8.83. The summed E-state index contributed by atoms with van der Waals surface area (Å²) in [4.78, 5) is 31.3. The van der Waals surface area contributed by atoms with Crippen LogP contribution in [0.3, 0.4) is 0 Å². The molecule has 0 radical (unpaired) electrons. The maximum Gasteiger partial charge on any atom is 0.228 e. The third-order valence-electron chi connectivity index (χ3n) is 5.43. The molecule has 0 aliphatic carbocycles. The largest absolute Gasteiger partial charge is 0.352 e. The quantitative estimate of drug-likeness (QED) is 0.786. The van der Waals surface area contributed by atoms with Gasteiger partial charge in [-0.1, -0.05) is 36.4 Å². The van der Waals surface area contributed by atoms with Gasteiger partial charge in [0, 0.05) is 44.5 Å². The van der Waals surface area contributed by atoms with E-state index in [1.54, 1.807) is 24.1 Å². The SMILES string of the molecule is C=CCNC(=O)[C@]1(Cc2ccccc2-c2cccnc2)CCCN(C(C)=O)C1. The Morgan fingerprint density at radius 2 is 2.11 bits per heavy atom. The lowest BCUT2D eigenvalue weighted by molar-refractivity contribution is -0.140. The Morgan fingerprint density at radius 3 is 2.82 bits per heavy atom. The number of carbonyl (C=O) groups excluding carboxylic acids is 2. The number of benzene rings is 1. The number of aromatic nitrogens is 1. The maximum absolute atomic E-state index is 13.2. The molecule has 0 spiro atoms. The Kier molecular flexibility index (Phi) is 6.24. The van der Waals surface area contributed by atoms with Gasteiger partial charge in [-0.2, -0.15) is 0 Å². The molecule has 5 heteroatoms. The van der Waals surface area contributed by atoms with Crippen molar-refractivity contribution in [1.29, 1.82) is 0 Å². The molecule has 0 bridgehead atoms. The van der Waals surface area contributed by atoms with E-state index in [0.717, 1.165) is 29.5 Å². The van der Waals surface area contributed by atoms with E-state index in [4.69, 9.17) is 0 Å². The zero-order valence-electron chi connectivity index (χ0n) is 16.4. The van der Waals surface area contributed by atoms with Gasteiger partial charge in [0.05, 0.1) is 5.41 Å². The highest BCUT2D eigenvalue weighted by atomic mass is 16.2. The van der Waals surface area contributed by atoms with E-state index in [9.17, 15) is 9.59 Å². The molecule has 1 aliphatic rings. The van der Waals surface area contributed by atoms with Crippen molar-refractivity contribution in [1.82, 2.24) is 15.2 Å². The van der Waals surface area contributed by atoms with E-state index in [1.165, 1.54) is 0 Å². The standard InChI is InChI=1S/C23H27N3O2/c1-3-12-25-22(28)23(11-7-14-26(17-23)18(2)27)15-19-8-4-5-10-21(19)20-9-6-13-24-16-20/h3-6,8-10,13,16H,1,7,11-12,14-15,17H2,2H3,(H,25,28)/t23-/m0/s1. The van der Waals surface area contributed by atoms with Crippen LogP contribution in [0, 0.1) is 5.41 Å². The van der Waals surface area contributed by atoms with Crippen molar-refractivity contribution in [3.63, 3.8) is 0 Å². The van der Waals surface area contributed by atoms with Crippen molar-refractivity contribution in [3.8, 4) is 11.1 Å². The molecule has 0 saturated carbocycles. The van der Waals surface area contributed by atoms with Gasteiger partial charge in [0.2, 0.25) is 11.8 Å². The van der Waals surface area contributed by atoms with E-state index < -0.39 is 5.41 Å². The summed E-state index contributed by atoms with van der Waals surface area (Å²) in [6.45, 7) is 6.83. The molecule has 2 amide bonds. The lowest BCUT2D eigenvalue weighted by atomic mass is 9.73. The summed E-state index contributed by atoms with van der Waals surface area (Å²) in [5, 5.41) is 2.97. The minimum atomic E-state index is -0.648. The predicted octanol–water partition coefficient (Wildman–Crippen LogP) is 3.22. The number of nitrogens with one attached hydrogen (secondary N) is 1. The summed E-state index contributed by atoms with van der Waals surface area (Å²) in [5.74, 6) is 0.000444. The second-order valence-corrected chi connectivity index (χ2v) is 7.40. The zero-order valence-corrected chi connectivity index (χ0v) is 16.4. The average Bonchev–Trinajstić information content (AvgIpc) is 2.73. The molecule has 28 heavy (non-hydrogen) atoms. The van der Waals surface area contributed by atoms with Gasteiger partial charge >= 0.3 is 0 Å². The van der Waals surface area contributed by atoms with E-state index in [2.05, 4.69) is 29.0 Å². The van der Waals surface area contributed by atoms with Gasteiger partial charge in [-0.15, -0.1) is 6.58 Å². The van der Waals surface area contributed by atoms with E-state index in [0.29, 0.717) is 26.1 Å². The number of carbonyl (C=O) groups is 2. The highest BCUT2D eigenvalue weighted by Crippen LogP contribution is 2.37. The number of likely N-dealkylation sites (tertiary alicyclic amines) is 1. The molecule has 1 saturated heterocycles. The smallest absolute Gasteiger partial charge is 0.228 e. The molecule has 1 aromatic carbocycles. The van der Waals surface area contributed by atoms with Crippen LogP contribution in [-0.4, -0.2) is 41.3 Å². The molecule has 1 N–H and O–H groups in total. The highest BCUT2D eigenvalue weighted by molar-refractivity contribution is 5.85. The number of hydrogen-bond acceptors (Lipinski definition) is 3. The van der Waals surface area contributed by atoms with Crippen LogP contribution in [0.1, 0.15) is 25.3 Å². The topological polar surface area (TPSA) is 62.3 Å². The van der Waals surface area contributed by atoms with Crippen molar-refractivity contribution in [2.45, 2.75) is 26.2 Å². The van der Waals surface area contributed by atoms with Gasteiger partial charge in [-0.05, 0) is 36.5 Å². The molecular weight excluding hydrogens is 350 g/mol. The first-order valence-electron chi connectivity index (χ1n) is 9.69. The molecule has 1 aliphatic heterocycles. The van der Waals surface area contributed by atoms with Gasteiger partial charge < -0.3 is 10.2 Å². The Balaban J connectivity index is 1.98. The van der Waals surface area contributed by atoms with Gasteiger partial charge in [0.1, 0.15) is 0 Å². The Morgan fingerprint density at radius 1 is 1.29 bits per heavy atom. The van der Waals surface area contributed by atoms with E-state index in [1.807, 2.05) is 30.5 Å². The maximum atomic E-state index is 13.2. The first-order chi connectivity index (χ1) is 13.6. The monoisotopic (exact) mass is 377 g/mol. The molecule has 5 nitrogen and oxygen atoms in total. The first kappa shape index (κ1) is 19.8. The molecule has 3 rings (SSSR count). The number of piperidine rings is 1. The molecule has 1 atom stereocenters. The Hall–Kier alpha value is -2.95. The number of rotatable bonds is 6. The fourth-order valence-corrected chi connectivity index (χ4v) is 4.01. The summed E-state index contributed by atoms with van der Waals surface area (Å²) in [6, 6.07) is 12.1. The highest BCUT2D eigenvalue weighted by Gasteiger charge is 2.43. The van der Waals surface area contributed by atoms with Crippen LogP contribution in [0.5, 0.6) is 0 Å². The normalized spacial score (nSPS) is 19.1. The molecule has 1 aromatic heterocycles. The lowest BCUT2D eigenvalue weighted by Gasteiger charge is -2.41. The fraction of sp³-hybridized carbons (Fsp3) is 0.348. The molecule has 1 fully saturated rings. The molecule has 0 unspecified atom stereocenters. The predicted molar refractivity (Wildman–Crippen MR) is 111 cm³/mol. The van der Waals surface area contributed by atoms with Gasteiger partial charge in [-0.3, -0.25) is 14.6 Å². The molecule has 2 heterocycles. The molecule has 146 valence electrons. The van der Waals surface area contributed by atoms with Crippen molar-refractivity contribution >= 4 is 11.8 Å². The van der Waals surface area contributed by atoms with Crippen LogP contribution in [-0.2, 0) is 16.0 Å².